The largest absolute Gasteiger partial charge is 0.311 e. The number of aromatic amines is 1. The molecule has 0 saturated heterocycles. The fourth-order valence-corrected chi connectivity index (χ4v) is 2.44. The zero-order valence-corrected chi connectivity index (χ0v) is 10.1. The second-order valence-corrected chi connectivity index (χ2v) is 4.65. The van der Waals surface area contributed by atoms with Crippen molar-refractivity contribution in [1.82, 2.24) is 10.2 Å². The van der Waals surface area contributed by atoms with Crippen LogP contribution in [0.1, 0.15) is 23.1 Å². The van der Waals surface area contributed by atoms with E-state index in [0.29, 0.717) is 12.2 Å². The number of carbonyl (C=O) groups is 1. The first kappa shape index (κ1) is 11.0. The standard InChI is InChI=1S/C14H15N3O/c18-14(16-13-6-7-15-17-13)9-10-4-5-11-2-1-3-12(11)8-10/h4-8H,1-3,9H2,(H2,15,16,17,18). The van der Waals surface area contributed by atoms with Crippen LogP contribution in [0.4, 0.5) is 5.82 Å². The van der Waals surface area contributed by atoms with Crippen LogP contribution >= 0.6 is 0 Å². The van der Waals surface area contributed by atoms with Crippen molar-refractivity contribution in [3.63, 3.8) is 0 Å². The highest BCUT2D eigenvalue weighted by atomic mass is 16.1. The number of nitrogens with zero attached hydrogens (tertiary/aromatic N) is 1. The second kappa shape index (κ2) is 4.64. The number of carbonyl (C=O) groups excluding carboxylic acids is 1. The highest BCUT2D eigenvalue weighted by Gasteiger charge is 2.12. The van der Waals surface area contributed by atoms with E-state index in [4.69, 9.17) is 0 Å². The summed E-state index contributed by atoms with van der Waals surface area (Å²) in [5.41, 5.74) is 3.92. The van der Waals surface area contributed by atoms with Gasteiger partial charge in [-0.25, -0.2) is 0 Å². The molecule has 2 aromatic rings. The molecule has 92 valence electrons. The van der Waals surface area contributed by atoms with Crippen LogP contribution in [0.15, 0.2) is 30.5 Å². The summed E-state index contributed by atoms with van der Waals surface area (Å²) < 4.78 is 0. The molecule has 2 N–H and O–H groups in total. The molecule has 0 atom stereocenters. The Balaban J connectivity index is 1.67. The van der Waals surface area contributed by atoms with Gasteiger partial charge in [-0.05, 0) is 36.0 Å². The predicted molar refractivity (Wildman–Crippen MR) is 69.4 cm³/mol. The van der Waals surface area contributed by atoms with Crippen LogP contribution in [-0.2, 0) is 24.1 Å². The van der Waals surface area contributed by atoms with Gasteiger partial charge in [-0.15, -0.1) is 0 Å². The number of nitrogens with one attached hydrogen (secondary N) is 2. The van der Waals surface area contributed by atoms with Gasteiger partial charge in [0, 0.05) is 6.07 Å². The zero-order chi connectivity index (χ0) is 12.4. The number of benzene rings is 1. The lowest BCUT2D eigenvalue weighted by Gasteiger charge is -2.05. The lowest BCUT2D eigenvalue weighted by atomic mass is 10.0. The van der Waals surface area contributed by atoms with E-state index in [0.717, 1.165) is 12.0 Å². The van der Waals surface area contributed by atoms with E-state index in [1.807, 2.05) is 0 Å². The van der Waals surface area contributed by atoms with Crippen molar-refractivity contribution >= 4 is 11.7 Å². The summed E-state index contributed by atoms with van der Waals surface area (Å²) in [4.78, 5) is 11.8. The molecule has 1 heterocycles. The van der Waals surface area contributed by atoms with Crippen molar-refractivity contribution < 1.29 is 4.79 Å². The van der Waals surface area contributed by atoms with Crippen LogP contribution in [0, 0.1) is 0 Å². The third-order valence-electron chi connectivity index (χ3n) is 3.30. The highest BCUT2D eigenvalue weighted by Crippen LogP contribution is 2.23. The maximum Gasteiger partial charge on any atom is 0.229 e. The molecule has 1 aliphatic rings. The van der Waals surface area contributed by atoms with Crippen molar-refractivity contribution in [2.45, 2.75) is 25.7 Å². The zero-order valence-electron chi connectivity index (χ0n) is 10.1. The molecule has 0 spiro atoms. The predicted octanol–water partition coefficient (Wildman–Crippen LogP) is 2.08. The van der Waals surface area contributed by atoms with Crippen molar-refractivity contribution in [2.75, 3.05) is 5.32 Å². The number of hydrogen-bond acceptors (Lipinski definition) is 2. The Morgan fingerprint density at radius 2 is 2.17 bits per heavy atom. The Morgan fingerprint density at radius 1 is 1.28 bits per heavy atom. The summed E-state index contributed by atoms with van der Waals surface area (Å²) in [5, 5.41) is 9.28. The Kier molecular flexibility index (Phi) is 2.84. The first-order valence-corrected chi connectivity index (χ1v) is 6.21. The van der Waals surface area contributed by atoms with Crippen LogP contribution < -0.4 is 5.32 Å². The van der Waals surface area contributed by atoms with Gasteiger partial charge in [-0.3, -0.25) is 9.89 Å². The molecule has 0 bridgehead atoms. The number of anilines is 1. The van der Waals surface area contributed by atoms with Gasteiger partial charge >= 0.3 is 0 Å². The summed E-state index contributed by atoms with van der Waals surface area (Å²) in [7, 11) is 0. The quantitative estimate of drug-likeness (QED) is 0.864. The van der Waals surface area contributed by atoms with Crippen LogP contribution in [-0.4, -0.2) is 16.1 Å². The molecule has 1 amide bonds. The molecule has 4 nitrogen and oxygen atoms in total. The van der Waals surface area contributed by atoms with Crippen molar-refractivity contribution in [1.29, 1.82) is 0 Å². The van der Waals surface area contributed by atoms with Gasteiger partial charge in [-0.1, -0.05) is 18.2 Å². The molecule has 18 heavy (non-hydrogen) atoms. The van der Waals surface area contributed by atoms with Gasteiger partial charge in [0.15, 0.2) is 0 Å². The summed E-state index contributed by atoms with van der Waals surface area (Å²) >= 11 is 0. The van der Waals surface area contributed by atoms with E-state index in [2.05, 4.69) is 33.7 Å². The molecule has 0 radical (unpaired) electrons. The Labute approximate surface area is 105 Å². The normalized spacial score (nSPS) is 13.3. The number of aryl methyl sites for hydroxylation is 2. The third kappa shape index (κ3) is 2.27. The van der Waals surface area contributed by atoms with Gasteiger partial charge < -0.3 is 5.32 Å². The fourth-order valence-electron chi connectivity index (χ4n) is 2.44. The minimum Gasteiger partial charge on any atom is -0.311 e. The number of H-pyrrole nitrogens is 1. The van der Waals surface area contributed by atoms with Crippen molar-refractivity contribution in [3.05, 3.63) is 47.2 Å². The molecule has 0 fully saturated rings. The molecule has 1 aliphatic carbocycles. The number of aromatic nitrogens is 2. The first-order chi connectivity index (χ1) is 8.81. The summed E-state index contributed by atoms with van der Waals surface area (Å²) in [5.74, 6) is 0.623. The Hall–Kier alpha value is -2.10. The molecule has 3 rings (SSSR count). The molecule has 0 unspecified atom stereocenters. The molecular formula is C14H15N3O. The lowest BCUT2D eigenvalue weighted by molar-refractivity contribution is -0.115. The third-order valence-corrected chi connectivity index (χ3v) is 3.30. The van der Waals surface area contributed by atoms with E-state index >= 15 is 0 Å². The SMILES string of the molecule is O=C(Cc1ccc2c(c1)CCC2)Nc1ccn[nH]1. The monoisotopic (exact) mass is 241 g/mol. The van der Waals surface area contributed by atoms with Crippen LogP contribution in [0.3, 0.4) is 0 Å². The number of rotatable bonds is 3. The molecule has 0 saturated carbocycles. The average molecular weight is 241 g/mol. The molecular weight excluding hydrogens is 226 g/mol. The average Bonchev–Trinajstić information content (AvgIpc) is 2.98. The maximum absolute atomic E-state index is 11.8. The lowest BCUT2D eigenvalue weighted by Crippen LogP contribution is -2.14. The highest BCUT2D eigenvalue weighted by molar-refractivity contribution is 5.91. The van der Waals surface area contributed by atoms with E-state index in [1.54, 1.807) is 12.3 Å². The number of hydrogen-bond donors (Lipinski definition) is 2. The summed E-state index contributed by atoms with van der Waals surface area (Å²) in [6.07, 6.45) is 5.58. The fraction of sp³-hybridized carbons (Fsp3) is 0.286. The van der Waals surface area contributed by atoms with Crippen LogP contribution in [0.2, 0.25) is 0 Å². The molecule has 0 aliphatic heterocycles. The summed E-state index contributed by atoms with van der Waals surface area (Å²) in [6, 6.07) is 8.10. The maximum atomic E-state index is 11.8. The topological polar surface area (TPSA) is 57.8 Å². The van der Waals surface area contributed by atoms with Crippen molar-refractivity contribution in [3.8, 4) is 0 Å². The number of amides is 1. The Bertz CT molecular complexity index is 560. The minimum absolute atomic E-state index is 0.0165. The molecule has 1 aromatic heterocycles. The van der Waals surface area contributed by atoms with E-state index in [9.17, 15) is 4.79 Å². The number of fused-ring (bicyclic) bond motifs is 1. The molecule has 4 heteroatoms. The van der Waals surface area contributed by atoms with Gasteiger partial charge in [0.05, 0.1) is 12.6 Å². The van der Waals surface area contributed by atoms with E-state index in [1.165, 1.54) is 24.0 Å². The Morgan fingerprint density at radius 3 is 3.00 bits per heavy atom. The summed E-state index contributed by atoms with van der Waals surface area (Å²) in [6.45, 7) is 0. The van der Waals surface area contributed by atoms with Crippen molar-refractivity contribution in [2.24, 2.45) is 0 Å². The van der Waals surface area contributed by atoms with E-state index in [-0.39, 0.29) is 5.91 Å². The molecule has 1 aromatic carbocycles. The van der Waals surface area contributed by atoms with Crippen LogP contribution in [0.5, 0.6) is 0 Å². The van der Waals surface area contributed by atoms with Gasteiger partial charge in [0.25, 0.3) is 0 Å². The van der Waals surface area contributed by atoms with E-state index < -0.39 is 0 Å². The smallest absolute Gasteiger partial charge is 0.229 e. The van der Waals surface area contributed by atoms with Gasteiger partial charge in [0.2, 0.25) is 5.91 Å². The van der Waals surface area contributed by atoms with Crippen LogP contribution in [0.25, 0.3) is 0 Å². The van der Waals surface area contributed by atoms with Gasteiger partial charge in [-0.2, -0.15) is 5.10 Å². The van der Waals surface area contributed by atoms with Gasteiger partial charge in [0.1, 0.15) is 5.82 Å². The minimum atomic E-state index is -0.0165. The second-order valence-electron chi connectivity index (χ2n) is 4.65. The first-order valence-electron chi connectivity index (χ1n) is 6.21.